The normalized spacial score (nSPS) is 19.2. The second kappa shape index (κ2) is 8.49. The Morgan fingerprint density at radius 2 is 2.00 bits per heavy atom. The van der Waals surface area contributed by atoms with Crippen molar-refractivity contribution in [3.8, 4) is 0 Å². The van der Waals surface area contributed by atoms with Gasteiger partial charge in [-0.05, 0) is 49.5 Å². The Morgan fingerprint density at radius 1 is 1.29 bits per heavy atom. The standard InChI is InChI=1S/C18H25N3O2.ClH/c1-13(15-11-19-12-15)18(23)20-10-14-5-7-16(8-6-14)21-9-3-2-4-17(21)22;/h5-8,13,15,19H,2-4,9-12H2,1H3,(H,20,23);1H. The first-order chi connectivity index (χ1) is 11.1. The molecule has 1 aromatic rings. The minimum Gasteiger partial charge on any atom is -0.352 e. The summed E-state index contributed by atoms with van der Waals surface area (Å²) in [5.74, 6) is 0.844. The van der Waals surface area contributed by atoms with E-state index in [2.05, 4.69) is 10.6 Å². The van der Waals surface area contributed by atoms with Gasteiger partial charge in [-0.3, -0.25) is 9.59 Å². The lowest BCUT2D eigenvalue weighted by Gasteiger charge is -2.31. The summed E-state index contributed by atoms with van der Waals surface area (Å²) in [5.41, 5.74) is 2.02. The fraction of sp³-hybridized carbons (Fsp3) is 0.556. The number of halogens is 1. The third-order valence-corrected chi connectivity index (χ3v) is 4.97. The number of benzene rings is 1. The van der Waals surface area contributed by atoms with Crippen molar-refractivity contribution in [3.63, 3.8) is 0 Å². The van der Waals surface area contributed by atoms with Gasteiger partial charge in [0.2, 0.25) is 11.8 Å². The highest BCUT2D eigenvalue weighted by Crippen LogP contribution is 2.21. The lowest BCUT2D eigenvalue weighted by Crippen LogP contribution is -2.49. The summed E-state index contributed by atoms with van der Waals surface area (Å²) < 4.78 is 0. The van der Waals surface area contributed by atoms with Crippen LogP contribution in [0.3, 0.4) is 0 Å². The van der Waals surface area contributed by atoms with Gasteiger partial charge in [0, 0.05) is 31.1 Å². The summed E-state index contributed by atoms with van der Waals surface area (Å²) in [7, 11) is 0. The van der Waals surface area contributed by atoms with Crippen LogP contribution in [0.5, 0.6) is 0 Å². The van der Waals surface area contributed by atoms with E-state index in [9.17, 15) is 9.59 Å². The van der Waals surface area contributed by atoms with Crippen molar-refractivity contribution in [1.82, 2.24) is 10.6 Å². The molecule has 0 radical (unpaired) electrons. The molecule has 5 nitrogen and oxygen atoms in total. The van der Waals surface area contributed by atoms with Crippen LogP contribution in [-0.2, 0) is 16.1 Å². The summed E-state index contributed by atoms with van der Waals surface area (Å²) >= 11 is 0. The zero-order valence-electron chi connectivity index (χ0n) is 14.1. The maximum atomic E-state index is 12.1. The van der Waals surface area contributed by atoms with Crippen LogP contribution in [0.2, 0.25) is 0 Å². The number of anilines is 1. The molecule has 1 unspecified atom stereocenters. The molecule has 0 aromatic heterocycles. The molecule has 1 aromatic carbocycles. The van der Waals surface area contributed by atoms with Crippen LogP contribution in [0.15, 0.2) is 24.3 Å². The number of hydrogen-bond donors (Lipinski definition) is 2. The van der Waals surface area contributed by atoms with Crippen LogP contribution < -0.4 is 15.5 Å². The minimum absolute atomic E-state index is 0. The quantitative estimate of drug-likeness (QED) is 0.854. The molecule has 3 rings (SSSR count). The molecule has 0 aliphatic carbocycles. The molecular weight excluding hydrogens is 326 g/mol. The Balaban J connectivity index is 0.00000208. The number of carbonyl (C=O) groups excluding carboxylic acids is 2. The van der Waals surface area contributed by atoms with Gasteiger partial charge < -0.3 is 15.5 Å². The van der Waals surface area contributed by atoms with Crippen LogP contribution in [0.25, 0.3) is 0 Å². The lowest BCUT2D eigenvalue weighted by atomic mass is 9.88. The third-order valence-electron chi connectivity index (χ3n) is 4.97. The minimum atomic E-state index is 0. The molecular formula is C18H26ClN3O2. The van der Waals surface area contributed by atoms with Gasteiger partial charge >= 0.3 is 0 Å². The number of nitrogens with one attached hydrogen (secondary N) is 2. The predicted molar refractivity (Wildman–Crippen MR) is 97.3 cm³/mol. The highest BCUT2D eigenvalue weighted by molar-refractivity contribution is 5.93. The van der Waals surface area contributed by atoms with Crippen molar-refractivity contribution in [1.29, 1.82) is 0 Å². The maximum absolute atomic E-state index is 12.1. The fourth-order valence-electron chi connectivity index (χ4n) is 3.10. The average Bonchev–Trinajstić information content (AvgIpc) is 2.52. The molecule has 0 bridgehead atoms. The van der Waals surface area contributed by atoms with Gasteiger partial charge in [0.15, 0.2) is 0 Å². The van der Waals surface area contributed by atoms with Crippen LogP contribution >= 0.6 is 12.4 Å². The van der Waals surface area contributed by atoms with Gasteiger partial charge in [0.25, 0.3) is 0 Å². The molecule has 2 heterocycles. The molecule has 132 valence electrons. The summed E-state index contributed by atoms with van der Waals surface area (Å²) in [6.07, 6.45) is 2.71. The first-order valence-corrected chi connectivity index (χ1v) is 8.53. The van der Waals surface area contributed by atoms with Gasteiger partial charge in [-0.25, -0.2) is 0 Å². The van der Waals surface area contributed by atoms with Gasteiger partial charge in [-0.1, -0.05) is 19.1 Å². The highest BCUT2D eigenvalue weighted by atomic mass is 35.5. The summed E-state index contributed by atoms with van der Waals surface area (Å²) in [5, 5.41) is 6.21. The first kappa shape index (κ1) is 18.7. The Labute approximate surface area is 149 Å². The van der Waals surface area contributed by atoms with Gasteiger partial charge in [0.1, 0.15) is 0 Å². The number of piperidine rings is 1. The van der Waals surface area contributed by atoms with Crippen molar-refractivity contribution in [2.24, 2.45) is 11.8 Å². The lowest BCUT2D eigenvalue weighted by molar-refractivity contribution is -0.126. The number of rotatable bonds is 5. The highest BCUT2D eigenvalue weighted by Gasteiger charge is 2.28. The molecule has 0 saturated carbocycles. The van der Waals surface area contributed by atoms with Crippen molar-refractivity contribution in [2.45, 2.75) is 32.7 Å². The number of hydrogen-bond acceptors (Lipinski definition) is 3. The molecule has 2 N–H and O–H groups in total. The molecule has 2 saturated heterocycles. The SMILES string of the molecule is CC(C(=O)NCc1ccc(N2CCCCC2=O)cc1)C1CNC1.Cl. The summed E-state index contributed by atoms with van der Waals surface area (Å²) in [4.78, 5) is 25.9. The van der Waals surface area contributed by atoms with E-state index in [1.54, 1.807) is 0 Å². The molecule has 1 atom stereocenters. The van der Waals surface area contributed by atoms with Crippen molar-refractivity contribution in [3.05, 3.63) is 29.8 Å². The zero-order chi connectivity index (χ0) is 16.2. The first-order valence-electron chi connectivity index (χ1n) is 8.53. The number of amides is 2. The van der Waals surface area contributed by atoms with Crippen LogP contribution in [0.4, 0.5) is 5.69 Å². The Hall–Kier alpha value is -1.59. The Morgan fingerprint density at radius 3 is 2.58 bits per heavy atom. The Bertz CT molecular complexity index is 572. The molecule has 2 aliphatic heterocycles. The topological polar surface area (TPSA) is 61.4 Å². The number of nitrogens with zero attached hydrogens (tertiary/aromatic N) is 1. The molecule has 24 heavy (non-hydrogen) atoms. The maximum Gasteiger partial charge on any atom is 0.226 e. The largest absolute Gasteiger partial charge is 0.352 e. The van der Waals surface area contributed by atoms with Crippen molar-refractivity contribution >= 4 is 29.9 Å². The molecule has 6 heteroatoms. The van der Waals surface area contributed by atoms with Crippen LogP contribution in [-0.4, -0.2) is 31.4 Å². The molecule has 2 amide bonds. The molecule has 2 aliphatic rings. The van der Waals surface area contributed by atoms with Crippen LogP contribution in [0, 0.1) is 11.8 Å². The van der Waals surface area contributed by atoms with Crippen molar-refractivity contribution < 1.29 is 9.59 Å². The molecule has 2 fully saturated rings. The monoisotopic (exact) mass is 351 g/mol. The van der Waals surface area contributed by atoms with E-state index in [1.165, 1.54) is 0 Å². The summed E-state index contributed by atoms with van der Waals surface area (Å²) in [6, 6.07) is 7.94. The summed E-state index contributed by atoms with van der Waals surface area (Å²) in [6.45, 7) is 5.21. The predicted octanol–water partition coefficient (Wildman–Crippen LogP) is 2.10. The smallest absolute Gasteiger partial charge is 0.226 e. The van der Waals surface area contributed by atoms with Gasteiger partial charge in [-0.15, -0.1) is 12.4 Å². The van der Waals surface area contributed by atoms with E-state index >= 15 is 0 Å². The van der Waals surface area contributed by atoms with E-state index in [1.807, 2.05) is 36.1 Å². The van der Waals surface area contributed by atoms with E-state index in [0.717, 1.165) is 43.7 Å². The second-order valence-corrected chi connectivity index (χ2v) is 6.59. The van der Waals surface area contributed by atoms with Crippen LogP contribution in [0.1, 0.15) is 31.7 Å². The van der Waals surface area contributed by atoms with E-state index < -0.39 is 0 Å². The van der Waals surface area contributed by atoms with E-state index in [4.69, 9.17) is 0 Å². The van der Waals surface area contributed by atoms with Gasteiger partial charge in [-0.2, -0.15) is 0 Å². The fourth-order valence-corrected chi connectivity index (χ4v) is 3.10. The van der Waals surface area contributed by atoms with Gasteiger partial charge in [0.05, 0.1) is 0 Å². The molecule has 0 spiro atoms. The third kappa shape index (κ3) is 4.28. The van der Waals surface area contributed by atoms with Crippen molar-refractivity contribution in [2.75, 3.05) is 24.5 Å². The number of carbonyl (C=O) groups is 2. The second-order valence-electron chi connectivity index (χ2n) is 6.59. The average molecular weight is 352 g/mol. The Kier molecular flexibility index (Phi) is 6.63. The van der Waals surface area contributed by atoms with E-state index in [-0.39, 0.29) is 30.1 Å². The van der Waals surface area contributed by atoms with E-state index in [0.29, 0.717) is 18.9 Å². The zero-order valence-corrected chi connectivity index (χ0v) is 14.9.